The van der Waals surface area contributed by atoms with Gasteiger partial charge < -0.3 is 9.47 Å². The summed E-state index contributed by atoms with van der Waals surface area (Å²) in [4.78, 5) is 4.06. The smallest absolute Gasteiger partial charge is 0.262 e. The molecule has 0 amide bonds. The standard InChI is InChI=1S/C17H16N4O4S/c22-26(23,15-1-2-16-17(9-15)25-8-7-24-16)20-14-10-19-21(12-14)11-13-3-5-18-6-4-13/h1-6,9-10,12,20H,7-8,11H2. The van der Waals surface area contributed by atoms with Crippen molar-refractivity contribution in [3.8, 4) is 11.5 Å². The van der Waals surface area contributed by atoms with Gasteiger partial charge in [-0.25, -0.2) is 8.42 Å². The number of hydrogen-bond donors (Lipinski definition) is 1. The Kier molecular flexibility index (Phi) is 4.21. The number of anilines is 1. The number of nitrogens with zero attached hydrogens (tertiary/aromatic N) is 3. The Balaban J connectivity index is 1.51. The highest BCUT2D eigenvalue weighted by Crippen LogP contribution is 2.32. The van der Waals surface area contributed by atoms with Gasteiger partial charge in [0.1, 0.15) is 13.2 Å². The van der Waals surface area contributed by atoms with Crippen LogP contribution in [-0.2, 0) is 16.6 Å². The average molecular weight is 372 g/mol. The van der Waals surface area contributed by atoms with Gasteiger partial charge in [-0.2, -0.15) is 5.10 Å². The van der Waals surface area contributed by atoms with Crippen molar-refractivity contribution in [1.29, 1.82) is 0 Å². The van der Waals surface area contributed by atoms with Crippen LogP contribution >= 0.6 is 0 Å². The van der Waals surface area contributed by atoms with Gasteiger partial charge in [-0.3, -0.25) is 14.4 Å². The molecule has 3 aromatic rings. The largest absolute Gasteiger partial charge is 0.486 e. The number of fused-ring (bicyclic) bond motifs is 1. The highest BCUT2D eigenvalue weighted by Gasteiger charge is 2.20. The van der Waals surface area contributed by atoms with Crippen molar-refractivity contribution in [2.75, 3.05) is 17.9 Å². The summed E-state index contributed by atoms with van der Waals surface area (Å²) in [6.07, 6.45) is 6.50. The predicted molar refractivity (Wildman–Crippen MR) is 93.8 cm³/mol. The molecule has 0 radical (unpaired) electrons. The van der Waals surface area contributed by atoms with Gasteiger partial charge in [-0.05, 0) is 29.8 Å². The molecule has 1 aliphatic heterocycles. The molecule has 0 spiro atoms. The summed E-state index contributed by atoms with van der Waals surface area (Å²) in [6, 6.07) is 8.28. The third kappa shape index (κ3) is 3.47. The molecule has 3 heterocycles. The molecule has 4 rings (SSSR count). The molecule has 134 valence electrons. The molecule has 0 atom stereocenters. The molecule has 1 N–H and O–H groups in total. The van der Waals surface area contributed by atoms with Crippen molar-refractivity contribution in [2.45, 2.75) is 11.4 Å². The van der Waals surface area contributed by atoms with E-state index in [0.717, 1.165) is 5.56 Å². The van der Waals surface area contributed by atoms with E-state index in [4.69, 9.17) is 9.47 Å². The van der Waals surface area contributed by atoms with Gasteiger partial charge in [0.2, 0.25) is 0 Å². The maximum atomic E-state index is 12.6. The maximum Gasteiger partial charge on any atom is 0.262 e. The van der Waals surface area contributed by atoms with E-state index in [1.165, 1.54) is 18.3 Å². The number of pyridine rings is 1. The summed E-state index contributed by atoms with van der Waals surface area (Å²) in [5.41, 5.74) is 1.40. The summed E-state index contributed by atoms with van der Waals surface area (Å²) in [5, 5.41) is 4.18. The summed E-state index contributed by atoms with van der Waals surface area (Å²) >= 11 is 0. The molecule has 1 aromatic carbocycles. The van der Waals surface area contributed by atoms with Crippen LogP contribution in [0.2, 0.25) is 0 Å². The molecule has 26 heavy (non-hydrogen) atoms. The van der Waals surface area contributed by atoms with E-state index in [2.05, 4.69) is 14.8 Å². The average Bonchev–Trinajstić information content (AvgIpc) is 3.08. The minimum Gasteiger partial charge on any atom is -0.486 e. The third-order valence-corrected chi connectivity index (χ3v) is 5.18. The van der Waals surface area contributed by atoms with Crippen molar-refractivity contribution in [2.24, 2.45) is 0 Å². The molecule has 0 fully saturated rings. The van der Waals surface area contributed by atoms with Crippen LogP contribution in [0.1, 0.15) is 5.56 Å². The van der Waals surface area contributed by atoms with Gasteiger partial charge in [0, 0.05) is 24.7 Å². The summed E-state index contributed by atoms with van der Waals surface area (Å²) < 4.78 is 40.2. The molecule has 0 saturated heterocycles. The molecule has 2 aromatic heterocycles. The SMILES string of the molecule is O=S(=O)(Nc1cnn(Cc2ccncc2)c1)c1ccc2c(c1)OCCO2. The van der Waals surface area contributed by atoms with Crippen LogP contribution in [0.3, 0.4) is 0 Å². The first-order valence-electron chi connectivity index (χ1n) is 7.94. The molecule has 8 nitrogen and oxygen atoms in total. The number of nitrogens with one attached hydrogen (secondary N) is 1. The summed E-state index contributed by atoms with van der Waals surface area (Å²) in [7, 11) is -3.76. The lowest BCUT2D eigenvalue weighted by Gasteiger charge is -2.18. The fourth-order valence-electron chi connectivity index (χ4n) is 2.58. The number of rotatable bonds is 5. The minimum atomic E-state index is -3.76. The number of ether oxygens (including phenoxy) is 2. The number of aromatic nitrogens is 3. The number of sulfonamides is 1. The van der Waals surface area contributed by atoms with E-state index in [9.17, 15) is 8.42 Å². The highest BCUT2D eigenvalue weighted by molar-refractivity contribution is 7.92. The van der Waals surface area contributed by atoms with Crippen LogP contribution in [-0.4, -0.2) is 36.4 Å². The molecule has 0 saturated carbocycles. The van der Waals surface area contributed by atoms with Gasteiger partial charge in [-0.1, -0.05) is 0 Å². The number of benzene rings is 1. The Morgan fingerprint density at radius 1 is 1.08 bits per heavy atom. The highest BCUT2D eigenvalue weighted by atomic mass is 32.2. The van der Waals surface area contributed by atoms with Gasteiger partial charge >= 0.3 is 0 Å². The Labute approximate surface area is 150 Å². The zero-order valence-corrected chi connectivity index (χ0v) is 14.5. The lowest BCUT2D eigenvalue weighted by atomic mass is 10.3. The second-order valence-corrected chi connectivity index (χ2v) is 7.38. The molecule has 0 aliphatic carbocycles. The fraction of sp³-hybridized carbons (Fsp3) is 0.176. The van der Waals surface area contributed by atoms with Crippen LogP contribution < -0.4 is 14.2 Å². The summed E-state index contributed by atoms with van der Waals surface area (Å²) in [5.74, 6) is 0.966. The molecule has 9 heteroatoms. The quantitative estimate of drug-likeness (QED) is 0.735. The van der Waals surface area contributed by atoms with E-state index in [1.54, 1.807) is 29.3 Å². The van der Waals surface area contributed by atoms with Gasteiger partial charge in [0.15, 0.2) is 11.5 Å². The zero-order chi connectivity index (χ0) is 18.0. The molecule has 0 unspecified atom stereocenters. The van der Waals surface area contributed by atoms with E-state index < -0.39 is 10.0 Å². The first-order valence-corrected chi connectivity index (χ1v) is 9.42. The van der Waals surface area contributed by atoms with E-state index in [-0.39, 0.29) is 4.90 Å². The van der Waals surface area contributed by atoms with Crippen molar-refractivity contribution < 1.29 is 17.9 Å². The lowest BCUT2D eigenvalue weighted by Crippen LogP contribution is -2.17. The van der Waals surface area contributed by atoms with Gasteiger partial charge in [0.05, 0.1) is 23.3 Å². The van der Waals surface area contributed by atoms with Gasteiger partial charge in [0.25, 0.3) is 10.0 Å². The van der Waals surface area contributed by atoms with Gasteiger partial charge in [-0.15, -0.1) is 0 Å². The third-order valence-electron chi connectivity index (χ3n) is 3.80. The van der Waals surface area contributed by atoms with Crippen molar-refractivity contribution in [1.82, 2.24) is 14.8 Å². The van der Waals surface area contributed by atoms with Crippen LogP contribution in [0.5, 0.6) is 11.5 Å². The molecule has 0 bridgehead atoms. The first kappa shape index (κ1) is 16.4. The molecular formula is C17H16N4O4S. The second-order valence-electron chi connectivity index (χ2n) is 5.69. The van der Waals surface area contributed by atoms with Crippen LogP contribution in [0.4, 0.5) is 5.69 Å². The molecular weight excluding hydrogens is 356 g/mol. The van der Waals surface area contributed by atoms with Crippen molar-refractivity contribution in [3.05, 3.63) is 60.7 Å². The Bertz CT molecular complexity index is 1020. The van der Waals surface area contributed by atoms with E-state index in [0.29, 0.717) is 36.9 Å². The zero-order valence-electron chi connectivity index (χ0n) is 13.7. The first-order chi connectivity index (χ1) is 12.6. The van der Waals surface area contributed by atoms with Crippen molar-refractivity contribution >= 4 is 15.7 Å². The lowest BCUT2D eigenvalue weighted by molar-refractivity contribution is 0.171. The minimum absolute atomic E-state index is 0.101. The summed E-state index contributed by atoms with van der Waals surface area (Å²) in [6.45, 7) is 1.37. The van der Waals surface area contributed by atoms with Crippen LogP contribution in [0, 0.1) is 0 Å². The van der Waals surface area contributed by atoms with Crippen LogP contribution in [0.15, 0.2) is 60.0 Å². The van der Waals surface area contributed by atoms with E-state index >= 15 is 0 Å². The maximum absolute atomic E-state index is 12.6. The normalized spacial score (nSPS) is 13.4. The Hall–Kier alpha value is -3.07. The monoisotopic (exact) mass is 372 g/mol. The topological polar surface area (TPSA) is 95.3 Å². The van der Waals surface area contributed by atoms with E-state index in [1.807, 2.05) is 12.1 Å². The molecule has 1 aliphatic rings. The van der Waals surface area contributed by atoms with Crippen molar-refractivity contribution in [3.63, 3.8) is 0 Å². The Morgan fingerprint density at radius 3 is 2.65 bits per heavy atom. The Morgan fingerprint density at radius 2 is 1.85 bits per heavy atom. The second kappa shape index (κ2) is 6.68. The number of hydrogen-bond acceptors (Lipinski definition) is 6. The van der Waals surface area contributed by atoms with Crippen LogP contribution in [0.25, 0.3) is 0 Å². The fourth-order valence-corrected chi connectivity index (χ4v) is 3.63. The predicted octanol–water partition coefficient (Wildman–Crippen LogP) is 1.90.